The van der Waals surface area contributed by atoms with Crippen LogP contribution in [0.2, 0.25) is 0 Å². The molecule has 126 valence electrons. The second-order valence-electron chi connectivity index (χ2n) is 6.81. The van der Waals surface area contributed by atoms with E-state index in [1.54, 1.807) is 0 Å². The number of benzene rings is 1. The molecule has 0 radical (unpaired) electrons. The number of nitrogens with one attached hydrogen (secondary N) is 2. The van der Waals surface area contributed by atoms with Gasteiger partial charge in [0.05, 0.1) is 6.20 Å². The molecular weight excluding hydrogens is 302 g/mol. The number of hydrogen-bond donors (Lipinski definition) is 2. The molecular formula is C19H23N3O2. The molecule has 1 aromatic carbocycles. The highest BCUT2D eigenvalue weighted by atomic mass is 16.2. The van der Waals surface area contributed by atoms with Gasteiger partial charge in [0.15, 0.2) is 0 Å². The monoisotopic (exact) mass is 325 g/mol. The molecule has 0 atom stereocenters. The Hall–Kier alpha value is -2.43. The maximum absolute atomic E-state index is 12.3. The highest BCUT2D eigenvalue weighted by Crippen LogP contribution is 2.41. The maximum Gasteiger partial charge on any atom is 0.271 e. The normalized spacial score (nSPS) is 23.6. The largest absolute Gasteiger partial charge is 0.350 e. The van der Waals surface area contributed by atoms with E-state index in [-0.39, 0.29) is 22.6 Å². The molecule has 1 aliphatic rings. The molecule has 1 amide bonds. The summed E-state index contributed by atoms with van der Waals surface area (Å²) in [5.41, 5.74) is 1.19. The fraction of sp³-hybridized carbons (Fsp3) is 0.421. The van der Waals surface area contributed by atoms with Gasteiger partial charge in [-0.3, -0.25) is 9.59 Å². The molecule has 1 aromatic heterocycles. The van der Waals surface area contributed by atoms with Crippen LogP contribution in [-0.4, -0.2) is 22.4 Å². The predicted molar refractivity (Wildman–Crippen MR) is 92.9 cm³/mol. The van der Waals surface area contributed by atoms with Crippen molar-refractivity contribution in [2.75, 3.05) is 6.54 Å². The summed E-state index contributed by atoms with van der Waals surface area (Å²) in [4.78, 5) is 29.8. The van der Waals surface area contributed by atoms with Crippen molar-refractivity contribution in [1.82, 2.24) is 15.3 Å². The zero-order chi connectivity index (χ0) is 17.0. The smallest absolute Gasteiger partial charge is 0.271 e. The Balaban J connectivity index is 1.76. The van der Waals surface area contributed by atoms with E-state index in [0.717, 1.165) is 25.0 Å². The fourth-order valence-electron chi connectivity index (χ4n) is 3.48. The second-order valence-corrected chi connectivity index (χ2v) is 6.81. The Bertz CT molecular complexity index is 726. The number of nitrogens with zero attached hydrogens (tertiary/aromatic N) is 1. The van der Waals surface area contributed by atoms with E-state index in [2.05, 4.69) is 46.5 Å². The topological polar surface area (TPSA) is 74.8 Å². The van der Waals surface area contributed by atoms with Gasteiger partial charge in [0.1, 0.15) is 5.69 Å². The number of amides is 1. The first kappa shape index (κ1) is 16.4. The summed E-state index contributed by atoms with van der Waals surface area (Å²) in [5.74, 6) is 0.485. The highest BCUT2D eigenvalue weighted by molar-refractivity contribution is 5.91. The molecule has 1 heterocycles. The Morgan fingerprint density at radius 1 is 1.29 bits per heavy atom. The zero-order valence-electron chi connectivity index (χ0n) is 13.9. The second kappa shape index (κ2) is 6.99. The van der Waals surface area contributed by atoms with Crippen LogP contribution in [0.15, 0.2) is 47.5 Å². The number of rotatable bonds is 4. The minimum Gasteiger partial charge on any atom is -0.350 e. The minimum absolute atomic E-state index is 0.0222. The van der Waals surface area contributed by atoms with Crippen LogP contribution in [0.25, 0.3) is 0 Å². The summed E-state index contributed by atoms with van der Waals surface area (Å²) < 4.78 is 0. The van der Waals surface area contributed by atoms with Gasteiger partial charge in [-0.15, -0.1) is 0 Å². The van der Waals surface area contributed by atoms with Crippen LogP contribution in [0.3, 0.4) is 0 Å². The van der Waals surface area contributed by atoms with Gasteiger partial charge in [-0.05, 0) is 37.2 Å². The molecule has 2 aromatic rings. The Morgan fingerprint density at radius 3 is 2.62 bits per heavy atom. The van der Waals surface area contributed by atoms with Crippen molar-refractivity contribution in [2.45, 2.75) is 38.0 Å². The molecule has 0 aliphatic heterocycles. The molecule has 5 heteroatoms. The number of hydrogen-bond acceptors (Lipinski definition) is 3. The van der Waals surface area contributed by atoms with Crippen molar-refractivity contribution in [3.05, 3.63) is 64.3 Å². The third-order valence-electron chi connectivity index (χ3n) is 5.11. The molecule has 1 aliphatic carbocycles. The van der Waals surface area contributed by atoms with Gasteiger partial charge < -0.3 is 10.3 Å². The summed E-state index contributed by atoms with van der Waals surface area (Å²) in [6, 6.07) is 10.4. The van der Waals surface area contributed by atoms with Crippen molar-refractivity contribution in [2.24, 2.45) is 5.92 Å². The van der Waals surface area contributed by atoms with Crippen LogP contribution < -0.4 is 10.9 Å². The average molecular weight is 325 g/mol. The number of H-pyrrole nitrogens is 1. The van der Waals surface area contributed by atoms with Crippen LogP contribution in [0, 0.1) is 5.92 Å². The minimum atomic E-state index is -0.312. The SMILES string of the molecule is CC1CCC(CNC(=O)c2c[nH]c(=O)cn2)(c2ccccc2)CC1. The first-order chi connectivity index (χ1) is 11.6. The van der Waals surface area contributed by atoms with Gasteiger partial charge in [-0.25, -0.2) is 4.98 Å². The molecule has 0 unspecified atom stereocenters. The molecule has 1 saturated carbocycles. The first-order valence-electron chi connectivity index (χ1n) is 8.47. The third kappa shape index (κ3) is 3.55. The van der Waals surface area contributed by atoms with E-state index < -0.39 is 0 Å². The number of aromatic amines is 1. The van der Waals surface area contributed by atoms with E-state index in [1.807, 2.05) is 6.07 Å². The lowest BCUT2D eigenvalue weighted by Crippen LogP contribution is -2.43. The number of carbonyl (C=O) groups is 1. The molecule has 0 saturated heterocycles. The number of carbonyl (C=O) groups excluding carboxylic acids is 1. The van der Waals surface area contributed by atoms with Crippen molar-refractivity contribution < 1.29 is 4.79 Å². The van der Waals surface area contributed by atoms with E-state index >= 15 is 0 Å². The van der Waals surface area contributed by atoms with E-state index in [9.17, 15) is 9.59 Å². The van der Waals surface area contributed by atoms with Gasteiger partial charge in [-0.1, -0.05) is 37.3 Å². The lowest BCUT2D eigenvalue weighted by Gasteiger charge is -2.40. The zero-order valence-corrected chi connectivity index (χ0v) is 13.9. The van der Waals surface area contributed by atoms with Crippen molar-refractivity contribution in [1.29, 1.82) is 0 Å². The van der Waals surface area contributed by atoms with E-state index in [0.29, 0.717) is 6.54 Å². The molecule has 5 nitrogen and oxygen atoms in total. The van der Waals surface area contributed by atoms with Gasteiger partial charge in [-0.2, -0.15) is 0 Å². The predicted octanol–water partition coefficient (Wildman–Crippen LogP) is 2.65. The van der Waals surface area contributed by atoms with Crippen molar-refractivity contribution in [3.8, 4) is 0 Å². The summed E-state index contributed by atoms with van der Waals surface area (Å²) in [5, 5.41) is 3.02. The summed E-state index contributed by atoms with van der Waals surface area (Å²) in [6.45, 7) is 2.88. The average Bonchev–Trinajstić information content (AvgIpc) is 2.63. The Kier molecular flexibility index (Phi) is 4.79. The van der Waals surface area contributed by atoms with Crippen LogP contribution in [0.5, 0.6) is 0 Å². The van der Waals surface area contributed by atoms with E-state index in [1.165, 1.54) is 24.6 Å². The molecule has 1 fully saturated rings. The molecule has 0 spiro atoms. The molecule has 0 bridgehead atoms. The quantitative estimate of drug-likeness (QED) is 0.907. The number of aromatic nitrogens is 2. The Labute approximate surface area is 141 Å². The van der Waals surface area contributed by atoms with Gasteiger partial charge >= 0.3 is 0 Å². The van der Waals surface area contributed by atoms with Gasteiger partial charge in [0.2, 0.25) is 0 Å². The summed E-state index contributed by atoms with van der Waals surface area (Å²) >= 11 is 0. The van der Waals surface area contributed by atoms with E-state index in [4.69, 9.17) is 0 Å². The summed E-state index contributed by atoms with van der Waals surface area (Å²) in [7, 11) is 0. The summed E-state index contributed by atoms with van der Waals surface area (Å²) in [6.07, 6.45) is 6.96. The molecule has 3 rings (SSSR count). The fourth-order valence-corrected chi connectivity index (χ4v) is 3.48. The van der Waals surface area contributed by atoms with Crippen molar-refractivity contribution in [3.63, 3.8) is 0 Å². The third-order valence-corrected chi connectivity index (χ3v) is 5.11. The highest BCUT2D eigenvalue weighted by Gasteiger charge is 2.36. The lowest BCUT2D eigenvalue weighted by atomic mass is 9.67. The van der Waals surface area contributed by atoms with Crippen LogP contribution in [-0.2, 0) is 5.41 Å². The van der Waals surface area contributed by atoms with Gasteiger partial charge in [0, 0.05) is 18.2 Å². The maximum atomic E-state index is 12.3. The van der Waals surface area contributed by atoms with Crippen molar-refractivity contribution >= 4 is 5.91 Å². The van der Waals surface area contributed by atoms with Gasteiger partial charge in [0.25, 0.3) is 11.5 Å². The first-order valence-corrected chi connectivity index (χ1v) is 8.47. The standard InChI is InChI=1S/C19H23N3O2/c1-14-7-9-19(10-8-14,15-5-3-2-4-6-15)13-22-18(24)16-11-21-17(23)12-20-16/h2-6,11-12,14H,7-10,13H2,1H3,(H,21,23)(H,22,24). The Morgan fingerprint density at radius 2 is 2.00 bits per heavy atom. The van der Waals surface area contributed by atoms with Crippen LogP contribution in [0.1, 0.15) is 48.7 Å². The molecule has 2 N–H and O–H groups in total. The lowest BCUT2D eigenvalue weighted by molar-refractivity contribution is 0.0928. The van der Waals surface area contributed by atoms with Crippen LogP contribution in [0.4, 0.5) is 0 Å². The van der Waals surface area contributed by atoms with Crippen LogP contribution >= 0.6 is 0 Å². The molecule has 24 heavy (non-hydrogen) atoms.